The van der Waals surface area contributed by atoms with Crippen LogP contribution in [0.3, 0.4) is 0 Å². The summed E-state index contributed by atoms with van der Waals surface area (Å²) >= 11 is 0. The molecule has 0 saturated carbocycles. The summed E-state index contributed by atoms with van der Waals surface area (Å²) in [4.78, 5) is 24.5. The van der Waals surface area contributed by atoms with Crippen LogP contribution in [0.2, 0.25) is 0 Å². The molecule has 0 spiro atoms. The SMILES string of the molecule is C=CC(=O)c1cn(CCC)c(C2=CC(c3ccc(F)cc3F)=CCC=C2)cc1=O. The third kappa shape index (κ3) is 4.40. The van der Waals surface area contributed by atoms with E-state index in [0.717, 1.165) is 18.6 Å². The van der Waals surface area contributed by atoms with Crippen LogP contribution in [0.5, 0.6) is 0 Å². The van der Waals surface area contributed by atoms with Gasteiger partial charge < -0.3 is 4.57 Å². The Hall–Kier alpha value is -3.34. The van der Waals surface area contributed by atoms with Gasteiger partial charge in [0.25, 0.3) is 0 Å². The van der Waals surface area contributed by atoms with Crippen molar-refractivity contribution in [2.24, 2.45) is 0 Å². The summed E-state index contributed by atoms with van der Waals surface area (Å²) in [5.41, 5.74) is 1.90. The number of benzene rings is 1. The maximum Gasteiger partial charge on any atom is 0.193 e. The van der Waals surface area contributed by atoms with Crippen LogP contribution in [0.15, 0.2) is 72.2 Å². The van der Waals surface area contributed by atoms with Gasteiger partial charge >= 0.3 is 0 Å². The Labute approximate surface area is 168 Å². The number of aromatic nitrogens is 1. The zero-order valence-electron chi connectivity index (χ0n) is 16.1. The number of hydrogen-bond donors (Lipinski definition) is 0. The Balaban J connectivity index is 2.15. The second-order valence-electron chi connectivity index (χ2n) is 6.72. The summed E-state index contributed by atoms with van der Waals surface area (Å²) in [6.45, 7) is 6.04. The molecule has 2 aromatic rings. The minimum absolute atomic E-state index is 0.0655. The molecule has 0 saturated heterocycles. The summed E-state index contributed by atoms with van der Waals surface area (Å²) < 4.78 is 29.4. The van der Waals surface area contributed by atoms with E-state index in [1.165, 1.54) is 18.2 Å². The number of ketones is 1. The van der Waals surface area contributed by atoms with Crippen LogP contribution in [0.4, 0.5) is 8.78 Å². The van der Waals surface area contributed by atoms with Crippen molar-refractivity contribution >= 4 is 16.9 Å². The number of pyridine rings is 1. The average Bonchev–Trinajstić information content (AvgIpc) is 2.94. The average molecular weight is 393 g/mol. The summed E-state index contributed by atoms with van der Waals surface area (Å²) in [5.74, 6) is -1.71. The van der Waals surface area contributed by atoms with Gasteiger partial charge in [-0.15, -0.1) is 0 Å². The largest absolute Gasteiger partial charge is 0.347 e. The molecule has 0 fully saturated rings. The zero-order valence-corrected chi connectivity index (χ0v) is 16.1. The van der Waals surface area contributed by atoms with Gasteiger partial charge in [0.05, 0.1) is 11.3 Å². The maximum atomic E-state index is 14.3. The van der Waals surface area contributed by atoms with Crippen molar-refractivity contribution in [3.8, 4) is 0 Å². The maximum absolute atomic E-state index is 14.3. The van der Waals surface area contributed by atoms with Crippen LogP contribution in [0.25, 0.3) is 11.1 Å². The first kappa shape index (κ1) is 20.4. The highest BCUT2D eigenvalue weighted by Gasteiger charge is 2.15. The van der Waals surface area contributed by atoms with E-state index in [9.17, 15) is 18.4 Å². The number of carbonyl (C=O) groups excluding carboxylic acids is 1. The van der Waals surface area contributed by atoms with E-state index in [-0.39, 0.29) is 11.1 Å². The minimum atomic E-state index is -0.647. The van der Waals surface area contributed by atoms with Gasteiger partial charge in [0.2, 0.25) is 0 Å². The van der Waals surface area contributed by atoms with Crippen LogP contribution in [0.1, 0.15) is 41.4 Å². The van der Waals surface area contributed by atoms with E-state index in [0.29, 0.717) is 29.8 Å². The summed E-state index contributed by atoms with van der Waals surface area (Å²) in [7, 11) is 0. The van der Waals surface area contributed by atoms with Crippen LogP contribution >= 0.6 is 0 Å². The third-order valence-corrected chi connectivity index (χ3v) is 4.66. The molecule has 3 nitrogen and oxygen atoms in total. The Morgan fingerprint density at radius 1 is 1.24 bits per heavy atom. The van der Waals surface area contributed by atoms with Gasteiger partial charge in [-0.3, -0.25) is 9.59 Å². The van der Waals surface area contributed by atoms with Gasteiger partial charge in [0, 0.05) is 30.4 Å². The van der Waals surface area contributed by atoms with Crippen molar-refractivity contribution < 1.29 is 13.6 Å². The standard InChI is InChI=1S/C24H21F2NO2/c1-3-11-27-15-20(23(28)4-2)24(29)14-22(27)17-8-6-5-7-16(12-17)19-10-9-18(25)13-21(19)26/h4,6-10,12-15H,2-3,5,11H2,1H3. The number of rotatable bonds is 6. The predicted molar refractivity (Wildman–Crippen MR) is 112 cm³/mol. The molecule has 0 unspecified atom stereocenters. The van der Waals surface area contributed by atoms with E-state index in [2.05, 4.69) is 6.58 Å². The molecular weight excluding hydrogens is 372 g/mol. The second kappa shape index (κ2) is 8.78. The van der Waals surface area contributed by atoms with E-state index < -0.39 is 22.8 Å². The Morgan fingerprint density at radius 3 is 2.72 bits per heavy atom. The second-order valence-corrected chi connectivity index (χ2v) is 6.72. The first-order valence-corrected chi connectivity index (χ1v) is 9.40. The normalized spacial score (nSPS) is 13.5. The fourth-order valence-electron chi connectivity index (χ4n) is 3.28. The lowest BCUT2D eigenvalue weighted by Crippen LogP contribution is -2.19. The van der Waals surface area contributed by atoms with E-state index in [4.69, 9.17) is 0 Å². The molecule has 148 valence electrons. The van der Waals surface area contributed by atoms with Crippen molar-refractivity contribution in [2.45, 2.75) is 26.3 Å². The highest BCUT2D eigenvalue weighted by atomic mass is 19.1. The van der Waals surface area contributed by atoms with Crippen molar-refractivity contribution in [1.82, 2.24) is 4.57 Å². The van der Waals surface area contributed by atoms with Gasteiger partial charge in [-0.25, -0.2) is 8.78 Å². The fraction of sp³-hybridized carbons (Fsp3) is 0.167. The predicted octanol–water partition coefficient (Wildman–Crippen LogP) is 5.33. The smallest absolute Gasteiger partial charge is 0.193 e. The molecule has 0 N–H and O–H groups in total. The third-order valence-electron chi connectivity index (χ3n) is 4.66. The van der Waals surface area contributed by atoms with E-state index in [1.54, 1.807) is 12.3 Å². The summed E-state index contributed by atoms with van der Waals surface area (Å²) in [6, 6.07) is 4.89. The van der Waals surface area contributed by atoms with Gasteiger partial charge in [-0.1, -0.05) is 31.7 Å². The number of hydrogen-bond acceptors (Lipinski definition) is 2. The molecule has 0 atom stereocenters. The first-order valence-electron chi connectivity index (χ1n) is 9.40. The minimum Gasteiger partial charge on any atom is -0.347 e. The molecular formula is C24H21F2NO2. The Bertz CT molecular complexity index is 1120. The molecule has 0 radical (unpaired) electrons. The number of halogens is 2. The summed E-state index contributed by atoms with van der Waals surface area (Å²) in [5, 5.41) is 0. The topological polar surface area (TPSA) is 39.1 Å². The van der Waals surface area contributed by atoms with Gasteiger partial charge in [-0.05, 0) is 48.3 Å². The molecule has 0 bridgehead atoms. The van der Waals surface area contributed by atoms with E-state index >= 15 is 0 Å². The molecule has 1 heterocycles. The van der Waals surface area contributed by atoms with Gasteiger partial charge in [0.1, 0.15) is 11.6 Å². The number of allylic oxidation sites excluding steroid dienone is 7. The van der Waals surface area contributed by atoms with Crippen LogP contribution in [-0.2, 0) is 6.54 Å². The molecule has 29 heavy (non-hydrogen) atoms. The van der Waals surface area contributed by atoms with Crippen LogP contribution < -0.4 is 5.43 Å². The van der Waals surface area contributed by atoms with Crippen molar-refractivity contribution in [2.75, 3.05) is 0 Å². The molecule has 1 aromatic heterocycles. The molecule has 0 aliphatic heterocycles. The Kier molecular flexibility index (Phi) is 6.17. The van der Waals surface area contributed by atoms with Crippen molar-refractivity contribution in [1.29, 1.82) is 0 Å². The molecule has 3 rings (SSSR count). The van der Waals surface area contributed by atoms with Gasteiger partial charge in [-0.2, -0.15) is 0 Å². The fourth-order valence-corrected chi connectivity index (χ4v) is 3.28. The highest BCUT2D eigenvalue weighted by molar-refractivity contribution is 6.04. The van der Waals surface area contributed by atoms with Gasteiger partial charge in [0.15, 0.2) is 11.2 Å². The highest BCUT2D eigenvalue weighted by Crippen LogP contribution is 2.28. The molecule has 0 amide bonds. The quantitative estimate of drug-likeness (QED) is 0.491. The molecule has 1 aromatic carbocycles. The molecule has 1 aliphatic carbocycles. The van der Waals surface area contributed by atoms with Crippen LogP contribution in [0, 0.1) is 11.6 Å². The summed E-state index contributed by atoms with van der Waals surface area (Å²) in [6.07, 6.45) is 11.4. The monoisotopic (exact) mass is 393 g/mol. The van der Waals surface area contributed by atoms with Crippen LogP contribution in [-0.4, -0.2) is 10.4 Å². The lowest BCUT2D eigenvalue weighted by molar-refractivity contribution is 0.104. The number of nitrogens with zero attached hydrogens (tertiary/aromatic N) is 1. The lowest BCUT2D eigenvalue weighted by atomic mass is 10.0. The number of aryl methyl sites for hydroxylation is 1. The van der Waals surface area contributed by atoms with Crippen molar-refractivity contribution in [3.05, 3.63) is 106 Å². The molecule has 1 aliphatic rings. The van der Waals surface area contributed by atoms with E-state index in [1.807, 2.05) is 29.7 Å². The number of carbonyl (C=O) groups is 1. The lowest BCUT2D eigenvalue weighted by Gasteiger charge is -2.15. The Morgan fingerprint density at radius 2 is 2.03 bits per heavy atom. The zero-order chi connectivity index (χ0) is 21.0. The first-order chi connectivity index (χ1) is 13.9. The molecule has 5 heteroatoms. The van der Waals surface area contributed by atoms with Crippen molar-refractivity contribution in [3.63, 3.8) is 0 Å².